The molecule has 1 heterocycles. The summed E-state index contributed by atoms with van der Waals surface area (Å²) in [5, 5.41) is 19.9. The Bertz CT molecular complexity index is 647. The van der Waals surface area contributed by atoms with Gasteiger partial charge in [0, 0.05) is 6.08 Å². The van der Waals surface area contributed by atoms with Crippen LogP contribution in [0.2, 0.25) is 0 Å². The molecule has 104 valence electrons. The van der Waals surface area contributed by atoms with E-state index < -0.39 is 4.92 Å². The predicted octanol–water partition coefficient (Wildman–Crippen LogP) is 2.26. The molecule has 2 rings (SSSR count). The summed E-state index contributed by atoms with van der Waals surface area (Å²) in [7, 11) is 0. The third-order valence-corrected chi connectivity index (χ3v) is 2.98. The number of benzene rings is 1. The molecule has 6 heteroatoms. The molecule has 2 aromatic rings. The van der Waals surface area contributed by atoms with Crippen molar-refractivity contribution in [3.05, 3.63) is 57.5 Å². The fourth-order valence-electron chi connectivity index (χ4n) is 1.93. The normalized spacial score (nSPS) is 11.1. The molecule has 0 bridgehead atoms. The molecule has 0 amide bonds. The molecular formula is C14H15N3O3. The van der Waals surface area contributed by atoms with E-state index >= 15 is 0 Å². The van der Waals surface area contributed by atoms with Gasteiger partial charge in [-0.05, 0) is 29.0 Å². The number of rotatable bonds is 5. The second-order valence-corrected chi connectivity index (χ2v) is 4.30. The molecule has 0 aliphatic carbocycles. The van der Waals surface area contributed by atoms with Gasteiger partial charge in [0.2, 0.25) is 5.82 Å². The number of aromatic nitrogens is 2. The molecule has 0 atom stereocenters. The molecular weight excluding hydrogens is 258 g/mol. The van der Waals surface area contributed by atoms with Crippen LogP contribution >= 0.6 is 0 Å². The van der Waals surface area contributed by atoms with Crippen LogP contribution < -0.4 is 0 Å². The Hall–Kier alpha value is -2.47. The molecule has 0 unspecified atom stereocenters. The van der Waals surface area contributed by atoms with Crippen LogP contribution in [0.3, 0.4) is 0 Å². The first kappa shape index (κ1) is 14.0. The van der Waals surface area contributed by atoms with Crippen molar-refractivity contribution in [1.82, 2.24) is 9.55 Å². The SMILES string of the molecule is Cc1ccccc1/C=C\c1ncc([N+](=O)[O-])n1CCO. The fourth-order valence-corrected chi connectivity index (χ4v) is 1.93. The molecule has 1 N–H and O–H groups in total. The van der Waals surface area contributed by atoms with E-state index in [1.54, 1.807) is 6.08 Å². The van der Waals surface area contributed by atoms with Gasteiger partial charge >= 0.3 is 5.82 Å². The van der Waals surface area contributed by atoms with Crippen molar-refractivity contribution in [2.75, 3.05) is 6.61 Å². The first-order valence-electron chi connectivity index (χ1n) is 6.18. The highest BCUT2D eigenvalue weighted by Gasteiger charge is 2.17. The summed E-state index contributed by atoms with van der Waals surface area (Å²) in [6.07, 6.45) is 4.77. The molecule has 1 aromatic heterocycles. The van der Waals surface area contributed by atoms with Gasteiger partial charge in [0.05, 0.1) is 6.61 Å². The zero-order chi connectivity index (χ0) is 14.5. The zero-order valence-electron chi connectivity index (χ0n) is 11.1. The zero-order valence-corrected chi connectivity index (χ0v) is 11.1. The maximum Gasteiger partial charge on any atom is 0.343 e. The van der Waals surface area contributed by atoms with Crippen molar-refractivity contribution in [3.8, 4) is 0 Å². The number of nitro groups is 1. The number of aliphatic hydroxyl groups is 1. The Balaban J connectivity index is 2.34. The first-order chi connectivity index (χ1) is 9.63. The maximum absolute atomic E-state index is 10.9. The topological polar surface area (TPSA) is 81.2 Å². The van der Waals surface area contributed by atoms with Gasteiger partial charge in [-0.3, -0.25) is 0 Å². The van der Waals surface area contributed by atoms with Crippen LogP contribution in [0.25, 0.3) is 12.2 Å². The average Bonchev–Trinajstić information content (AvgIpc) is 2.82. The van der Waals surface area contributed by atoms with E-state index in [4.69, 9.17) is 5.11 Å². The number of aryl methyl sites for hydroxylation is 1. The van der Waals surface area contributed by atoms with Crippen molar-refractivity contribution >= 4 is 18.0 Å². The Kier molecular flexibility index (Phi) is 4.27. The summed E-state index contributed by atoms with van der Waals surface area (Å²) in [5.41, 5.74) is 2.13. The summed E-state index contributed by atoms with van der Waals surface area (Å²) in [4.78, 5) is 14.4. The van der Waals surface area contributed by atoms with Gasteiger partial charge in [0.25, 0.3) is 0 Å². The lowest BCUT2D eigenvalue weighted by atomic mass is 10.1. The Morgan fingerprint density at radius 3 is 2.80 bits per heavy atom. The van der Waals surface area contributed by atoms with E-state index in [2.05, 4.69) is 4.98 Å². The van der Waals surface area contributed by atoms with Crippen LogP contribution in [0.5, 0.6) is 0 Å². The summed E-state index contributed by atoms with van der Waals surface area (Å²) >= 11 is 0. The van der Waals surface area contributed by atoms with E-state index in [0.717, 1.165) is 11.1 Å². The van der Waals surface area contributed by atoms with Gasteiger partial charge in [-0.1, -0.05) is 24.3 Å². The van der Waals surface area contributed by atoms with Crippen LogP contribution in [-0.2, 0) is 6.54 Å². The van der Waals surface area contributed by atoms with Crippen molar-refractivity contribution < 1.29 is 10.0 Å². The third kappa shape index (κ3) is 2.92. The Labute approximate surface area is 116 Å². The standard InChI is InChI=1S/C14H15N3O3/c1-11-4-2-3-5-12(11)6-7-13-15-10-14(17(19)20)16(13)8-9-18/h2-7,10,18H,8-9H2,1H3/b7-6-. The van der Waals surface area contributed by atoms with Gasteiger partial charge in [-0.25, -0.2) is 9.55 Å². The number of imidazole rings is 1. The average molecular weight is 273 g/mol. The van der Waals surface area contributed by atoms with Crippen LogP contribution in [-0.4, -0.2) is 26.2 Å². The monoisotopic (exact) mass is 273 g/mol. The molecule has 0 saturated heterocycles. The highest BCUT2D eigenvalue weighted by molar-refractivity contribution is 5.69. The number of nitrogens with zero attached hydrogens (tertiary/aromatic N) is 3. The molecule has 0 saturated carbocycles. The largest absolute Gasteiger partial charge is 0.392 e. The number of hydrogen-bond donors (Lipinski definition) is 1. The van der Waals surface area contributed by atoms with Crippen molar-refractivity contribution in [2.45, 2.75) is 13.5 Å². The second kappa shape index (κ2) is 6.12. The highest BCUT2D eigenvalue weighted by atomic mass is 16.6. The summed E-state index contributed by atoms with van der Waals surface area (Å²) < 4.78 is 1.38. The van der Waals surface area contributed by atoms with Crippen LogP contribution in [0.4, 0.5) is 5.82 Å². The van der Waals surface area contributed by atoms with Gasteiger partial charge < -0.3 is 15.2 Å². The summed E-state index contributed by atoms with van der Waals surface area (Å²) in [6, 6.07) is 7.82. The minimum Gasteiger partial charge on any atom is -0.392 e. The highest BCUT2D eigenvalue weighted by Crippen LogP contribution is 2.17. The van der Waals surface area contributed by atoms with Gasteiger partial charge in [0.15, 0.2) is 0 Å². The van der Waals surface area contributed by atoms with Gasteiger partial charge in [-0.15, -0.1) is 0 Å². The first-order valence-corrected chi connectivity index (χ1v) is 6.18. The lowest BCUT2D eigenvalue weighted by Gasteiger charge is -2.01. The van der Waals surface area contributed by atoms with E-state index in [0.29, 0.717) is 5.82 Å². The molecule has 6 nitrogen and oxygen atoms in total. The lowest BCUT2D eigenvalue weighted by Crippen LogP contribution is -2.07. The van der Waals surface area contributed by atoms with Crippen molar-refractivity contribution in [2.24, 2.45) is 0 Å². The molecule has 20 heavy (non-hydrogen) atoms. The molecule has 0 spiro atoms. The van der Waals surface area contributed by atoms with E-state index in [1.165, 1.54) is 10.8 Å². The number of aliphatic hydroxyl groups excluding tert-OH is 1. The smallest absolute Gasteiger partial charge is 0.343 e. The maximum atomic E-state index is 10.9. The van der Waals surface area contributed by atoms with Crippen molar-refractivity contribution in [3.63, 3.8) is 0 Å². The fraction of sp³-hybridized carbons (Fsp3) is 0.214. The van der Waals surface area contributed by atoms with E-state index in [-0.39, 0.29) is 19.0 Å². The van der Waals surface area contributed by atoms with Gasteiger partial charge in [0.1, 0.15) is 12.7 Å². The molecule has 1 aromatic carbocycles. The molecule has 0 aliphatic heterocycles. The minimum atomic E-state index is -0.506. The Morgan fingerprint density at radius 1 is 1.40 bits per heavy atom. The van der Waals surface area contributed by atoms with Crippen molar-refractivity contribution in [1.29, 1.82) is 0 Å². The molecule has 0 fully saturated rings. The second-order valence-electron chi connectivity index (χ2n) is 4.30. The molecule has 0 radical (unpaired) electrons. The van der Waals surface area contributed by atoms with Crippen LogP contribution in [0.1, 0.15) is 17.0 Å². The quantitative estimate of drug-likeness (QED) is 0.669. The van der Waals surface area contributed by atoms with Crippen LogP contribution in [0, 0.1) is 17.0 Å². The van der Waals surface area contributed by atoms with Crippen LogP contribution in [0.15, 0.2) is 30.5 Å². The van der Waals surface area contributed by atoms with Gasteiger partial charge in [-0.2, -0.15) is 0 Å². The summed E-state index contributed by atoms with van der Waals surface area (Å²) in [5.74, 6) is 0.331. The molecule has 0 aliphatic rings. The lowest BCUT2D eigenvalue weighted by molar-refractivity contribution is -0.392. The third-order valence-electron chi connectivity index (χ3n) is 2.98. The number of hydrogen-bond acceptors (Lipinski definition) is 4. The summed E-state index contributed by atoms with van der Waals surface area (Å²) in [6.45, 7) is 1.95. The van der Waals surface area contributed by atoms with E-state index in [1.807, 2.05) is 37.3 Å². The Morgan fingerprint density at radius 2 is 2.15 bits per heavy atom. The minimum absolute atomic E-state index is 0.122. The predicted molar refractivity (Wildman–Crippen MR) is 76.1 cm³/mol. The van der Waals surface area contributed by atoms with E-state index in [9.17, 15) is 10.1 Å².